The fraction of sp³-hybridized carbons (Fsp3) is 0.200. The molecular formula is C15H17FN4O. The lowest BCUT2D eigenvalue weighted by molar-refractivity contribution is 0.102. The van der Waals surface area contributed by atoms with Gasteiger partial charge in [0.2, 0.25) is 0 Å². The molecule has 0 aliphatic heterocycles. The molecule has 0 unspecified atom stereocenters. The molecule has 21 heavy (non-hydrogen) atoms. The van der Waals surface area contributed by atoms with E-state index in [1.807, 2.05) is 13.8 Å². The number of hydrogen-bond acceptors (Lipinski definition) is 4. The van der Waals surface area contributed by atoms with Crippen molar-refractivity contribution in [3.63, 3.8) is 0 Å². The molecule has 6 heteroatoms. The summed E-state index contributed by atoms with van der Waals surface area (Å²) < 4.78 is 12.8. The maximum atomic E-state index is 12.8. The van der Waals surface area contributed by atoms with Gasteiger partial charge in [-0.1, -0.05) is 13.8 Å². The number of carbonyl (C=O) groups is 1. The number of hydrogen-bond donors (Lipinski definition) is 3. The molecule has 1 aromatic heterocycles. The molecule has 0 radical (unpaired) electrons. The molecule has 0 atom stereocenters. The van der Waals surface area contributed by atoms with Crippen LogP contribution < -0.4 is 16.6 Å². The van der Waals surface area contributed by atoms with E-state index in [1.54, 1.807) is 12.1 Å². The summed E-state index contributed by atoms with van der Waals surface area (Å²) >= 11 is 0. The molecule has 0 saturated heterocycles. The van der Waals surface area contributed by atoms with E-state index in [2.05, 4.69) is 15.7 Å². The monoisotopic (exact) mass is 288 g/mol. The first-order chi connectivity index (χ1) is 9.99. The van der Waals surface area contributed by atoms with Gasteiger partial charge in [0.1, 0.15) is 11.6 Å². The van der Waals surface area contributed by atoms with Crippen molar-refractivity contribution in [2.24, 2.45) is 5.84 Å². The number of pyridine rings is 1. The summed E-state index contributed by atoms with van der Waals surface area (Å²) in [6.45, 7) is 3.95. The summed E-state index contributed by atoms with van der Waals surface area (Å²) in [4.78, 5) is 16.5. The van der Waals surface area contributed by atoms with Gasteiger partial charge in [-0.25, -0.2) is 15.2 Å². The molecule has 4 N–H and O–H groups in total. The van der Waals surface area contributed by atoms with Crippen LogP contribution in [0.25, 0.3) is 0 Å². The highest BCUT2D eigenvalue weighted by Gasteiger charge is 2.12. The third kappa shape index (κ3) is 3.76. The van der Waals surface area contributed by atoms with Gasteiger partial charge >= 0.3 is 0 Å². The predicted molar refractivity (Wildman–Crippen MR) is 80.5 cm³/mol. The molecule has 0 saturated carbocycles. The van der Waals surface area contributed by atoms with Crippen molar-refractivity contribution in [2.45, 2.75) is 19.8 Å². The van der Waals surface area contributed by atoms with Crippen molar-refractivity contribution in [1.82, 2.24) is 4.98 Å². The molecule has 1 amide bonds. The van der Waals surface area contributed by atoms with Crippen LogP contribution in [0.4, 0.5) is 15.9 Å². The number of rotatable bonds is 4. The molecule has 0 fully saturated rings. The maximum absolute atomic E-state index is 12.8. The second-order valence-electron chi connectivity index (χ2n) is 4.93. The number of halogens is 1. The van der Waals surface area contributed by atoms with Crippen molar-refractivity contribution in [2.75, 3.05) is 10.7 Å². The van der Waals surface area contributed by atoms with E-state index in [0.717, 1.165) is 5.69 Å². The molecule has 5 nitrogen and oxygen atoms in total. The first-order valence-corrected chi connectivity index (χ1v) is 6.55. The molecule has 1 aromatic carbocycles. The number of benzene rings is 1. The molecule has 110 valence electrons. The highest BCUT2D eigenvalue weighted by atomic mass is 19.1. The maximum Gasteiger partial charge on any atom is 0.255 e. The second-order valence-corrected chi connectivity index (χ2v) is 4.93. The molecule has 0 spiro atoms. The van der Waals surface area contributed by atoms with Gasteiger partial charge in [0, 0.05) is 16.9 Å². The fourth-order valence-corrected chi connectivity index (χ4v) is 1.79. The Hall–Kier alpha value is -2.47. The largest absolute Gasteiger partial charge is 0.322 e. The van der Waals surface area contributed by atoms with Crippen LogP contribution in [0.5, 0.6) is 0 Å². The van der Waals surface area contributed by atoms with Gasteiger partial charge in [-0.2, -0.15) is 0 Å². The summed E-state index contributed by atoms with van der Waals surface area (Å²) in [5.74, 6) is 5.30. The van der Waals surface area contributed by atoms with Crippen molar-refractivity contribution in [3.8, 4) is 0 Å². The molecule has 2 aromatic rings. The van der Waals surface area contributed by atoms with E-state index in [0.29, 0.717) is 17.1 Å². The van der Waals surface area contributed by atoms with Crippen LogP contribution in [0.2, 0.25) is 0 Å². The van der Waals surface area contributed by atoms with Crippen LogP contribution in [-0.4, -0.2) is 10.9 Å². The van der Waals surface area contributed by atoms with Gasteiger partial charge in [-0.15, -0.1) is 0 Å². The summed E-state index contributed by atoms with van der Waals surface area (Å²) in [5.41, 5.74) is 4.16. The van der Waals surface area contributed by atoms with E-state index < -0.39 is 0 Å². The summed E-state index contributed by atoms with van der Waals surface area (Å²) in [5, 5.41) is 2.70. The molecular weight excluding hydrogens is 271 g/mol. The number of nitrogens with zero attached hydrogens (tertiary/aromatic N) is 1. The van der Waals surface area contributed by atoms with E-state index >= 15 is 0 Å². The number of nitrogens with two attached hydrogens (primary N) is 1. The summed E-state index contributed by atoms with van der Waals surface area (Å²) in [7, 11) is 0. The fourth-order valence-electron chi connectivity index (χ4n) is 1.79. The lowest BCUT2D eigenvalue weighted by atomic mass is 10.1. The highest BCUT2D eigenvalue weighted by Crippen LogP contribution is 2.18. The highest BCUT2D eigenvalue weighted by molar-refractivity contribution is 6.04. The van der Waals surface area contributed by atoms with Crippen molar-refractivity contribution in [1.29, 1.82) is 0 Å². The number of carbonyl (C=O) groups excluding carboxylic acids is 1. The quantitative estimate of drug-likeness (QED) is 0.597. The molecule has 2 rings (SSSR count). The standard InChI is InChI=1S/C15H17FN4O/c1-9(2)13-7-10(8-14(19-13)20-17)15(21)18-12-5-3-11(16)4-6-12/h3-9H,17H2,1-2H3,(H,18,21)(H,19,20). The van der Waals surface area contributed by atoms with Crippen LogP contribution in [0, 0.1) is 5.82 Å². The lowest BCUT2D eigenvalue weighted by Gasteiger charge is -2.11. The Kier molecular flexibility index (Phi) is 4.49. The SMILES string of the molecule is CC(C)c1cc(C(=O)Nc2ccc(F)cc2)cc(NN)n1. The number of aromatic nitrogens is 1. The van der Waals surface area contributed by atoms with Gasteiger partial charge in [0.25, 0.3) is 5.91 Å². The van der Waals surface area contributed by atoms with E-state index in [4.69, 9.17) is 5.84 Å². The van der Waals surface area contributed by atoms with Gasteiger partial charge in [-0.05, 0) is 42.3 Å². The zero-order chi connectivity index (χ0) is 15.4. The zero-order valence-electron chi connectivity index (χ0n) is 11.9. The molecule has 0 aliphatic carbocycles. The van der Waals surface area contributed by atoms with Crippen LogP contribution in [0.15, 0.2) is 36.4 Å². The average Bonchev–Trinajstić information content (AvgIpc) is 2.49. The van der Waals surface area contributed by atoms with Crippen LogP contribution in [0.1, 0.15) is 35.8 Å². The van der Waals surface area contributed by atoms with Crippen LogP contribution in [-0.2, 0) is 0 Å². The number of nitrogen functional groups attached to an aromatic ring is 1. The van der Waals surface area contributed by atoms with E-state index in [-0.39, 0.29) is 17.6 Å². The average molecular weight is 288 g/mol. The second kappa shape index (κ2) is 6.32. The van der Waals surface area contributed by atoms with Crippen molar-refractivity contribution in [3.05, 3.63) is 53.5 Å². The first kappa shape index (κ1) is 14.9. The number of amides is 1. The van der Waals surface area contributed by atoms with E-state index in [9.17, 15) is 9.18 Å². The Morgan fingerprint density at radius 2 is 1.90 bits per heavy atom. The van der Waals surface area contributed by atoms with Gasteiger partial charge in [0.15, 0.2) is 0 Å². The Morgan fingerprint density at radius 3 is 2.48 bits per heavy atom. The third-order valence-corrected chi connectivity index (χ3v) is 2.95. The third-order valence-electron chi connectivity index (χ3n) is 2.95. The number of anilines is 2. The molecule has 0 aliphatic rings. The normalized spacial score (nSPS) is 10.5. The molecule has 1 heterocycles. The lowest BCUT2D eigenvalue weighted by Crippen LogP contribution is -2.16. The zero-order valence-corrected chi connectivity index (χ0v) is 11.9. The van der Waals surface area contributed by atoms with Crippen molar-refractivity contribution >= 4 is 17.4 Å². The number of hydrazine groups is 1. The summed E-state index contributed by atoms with van der Waals surface area (Å²) in [6.07, 6.45) is 0. The Balaban J connectivity index is 2.25. The first-order valence-electron chi connectivity index (χ1n) is 6.55. The summed E-state index contributed by atoms with van der Waals surface area (Å²) in [6, 6.07) is 8.85. The smallest absolute Gasteiger partial charge is 0.255 e. The predicted octanol–water partition coefficient (Wildman–Crippen LogP) is 2.88. The van der Waals surface area contributed by atoms with Crippen molar-refractivity contribution < 1.29 is 9.18 Å². The van der Waals surface area contributed by atoms with Crippen LogP contribution in [0.3, 0.4) is 0 Å². The number of nitrogens with one attached hydrogen (secondary N) is 2. The minimum atomic E-state index is -0.353. The van der Waals surface area contributed by atoms with E-state index in [1.165, 1.54) is 24.3 Å². The van der Waals surface area contributed by atoms with Crippen LogP contribution >= 0.6 is 0 Å². The Labute approximate surface area is 122 Å². The van der Waals surface area contributed by atoms with Gasteiger partial charge in [-0.3, -0.25) is 4.79 Å². The Morgan fingerprint density at radius 1 is 1.24 bits per heavy atom. The Bertz CT molecular complexity index is 641. The molecule has 0 bridgehead atoms. The van der Waals surface area contributed by atoms with Gasteiger partial charge < -0.3 is 10.7 Å². The van der Waals surface area contributed by atoms with Gasteiger partial charge in [0.05, 0.1) is 0 Å². The minimum Gasteiger partial charge on any atom is -0.322 e. The topological polar surface area (TPSA) is 80.0 Å². The minimum absolute atomic E-state index is 0.163.